The molecule has 3 heteroatoms. The van der Waals surface area contributed by atoms with E-state index in [0.717, 1.165) is 38.9 Å². The number of hydrogen-bond acceptors (Lipinski definition) is 2. The number of aryl methyl sites for hydroxylation is 4. The topological polar surface area (TPSA) is 37.0 Å². The van der Waals surface area contributed by atoms with E-state index in [0.29, 0.717) is 0 Å². The summed E-state index contributed by atoms with van der Waals surface area (Å²) in [5.41, 5.74) is 8.72. The molecule has 26 heavy (non-hydrogen) atoms. The molecule has 0 unspecified atom stereocenters. The van der Waals surface area contributed by atoms with Gasteiger partial charge in [-0.3, -0.25) is 0 Å². The van der Waals surface area contributed by atoms with Crippen LogP contribution < -0.4 is 4.57 Å². The van der Waals surface area contributed by atoms with Gasteiger partial charge in [0.1, 0.15) is 18.3 Å². The van der Waals surface area contributed by atoms with Gasteiger partial charge < -0.3 is 5.11 Å². The van der Waals surface area contributed by atoms with Gasteiger partial charge in [0, 0.05) is 6.07 Å². The van der Waals surface area contributed by atoms with E-state index in [1.54, 1.807) is 0 Å². The van der Waals surface area contributed by atoms with E-state index >= 15 is 0 Å². The Morgan fingerprint density at radius 3 is 2.42 bits per heavy atom. The Kier molecular flexibility index (Phi) is 3.97. The van der Waals surface area contributed by atoms with Crippen LogP contribution in [0.3, 0.4) is 0 Å². The molecule has 130 valence electrons. The summed E-state index contributed by atoms with van der Waals surface area (Å²) >= 11 is 0. The number of nitrogens with zero attached hydrogens (tertiary/aromatic N) is 2. The lowest BCUT2D eigenvalue weighted by molar-refractivity contribution is -0.634. The van der Waals surface area contributed by atoms with Crippen molar-refractivity contribution >= 4 is 21.8 Å². The summed E-state index contributed by atoms with van der Waals surface area (Å²) in [6.45, 7) is 6.34. The molecule has 4 rings (SSSR count). The lowest BCUT2D eigenvalue weighted by Gasteiger charge is -2.14. The quantitative estimate of drug-likeness (QED) is 0.551. The molecule has 0 aliphatic carbocycles. The maximum Gasteiger partial charge on any atom is 0.234 e. The third kappa shape index (κ3) is 2.39. The van der Waals surface area contributed by atoms with Crippen molar-refractivity contribution < 1.29 is 9.67 Å². The molecule has 0 atom stereocenters. The summed E-state index contributed by atoms with van der Waals surface area (Å²) in [6, 6.07) is 16.7. The predicted octanol–water partition coefficient (Wildman–Crippen LogP) is 4.30. The highest BCUT2D eigenvalue weighted by Crippen LogP contribution is 2.33. The Balaban J connectivity index is 2.12. The average Bonchev–Trinajstić information content (AvgIpc) is 2.64. The fraction of sp³-hybridized carbons (Fsp3) is 0.217. The monoisotopic (exact) mass is 343 g/mol. The second kappa shape index (κ2) is 6.19. The highest BCUT2D eigenvalue weighted by Gasteiger charge is 2.23. The lowest BCUT2D eigenvalue weighted by Crippen LogP contribution is -2.34. The standard InChI is InChI=1S/C23H23N2O/c1-14-8-7-11-21-22(14)24-16(3)23(25(21)4)20-12-17(13-26)19-10-6-5-9-18(19)15(20)2/h5-12,26H,13H2,1-4H3/q+1. The van der Waals surface area contributed by atoms with Crippen molar-refractivity contribution in [2.75, 3.05) is 0 Å². The van der Waals surface area contributed by atoms with Gasteiger partial charge >= 0.3 is 0 Å². The van der Waals surface area contributed by atoms with Crippen LogP contribution in [-0.4, -0.2) is 10.1 Å². The number of para-hydroxylation sites is 1. The van der Waals surface area contributed by atoms with Crippen LogP contribution in [0.1, 0.15) is 22.4 Å². The van der Waals surface area contributed by atoms with Crippen molar-refractivity contribution in [3.8, 4) is 11.3 Å². The van der Waals surface area contributed by atoms with Crippen molar-refractivity contribution in [2.45, 2.75) is 27.4 Å². The Bertz CT molecular complexity index is 1160. The van der Waals surface area contributed by atoms with Crippen LogP contribution in [0.5, 0.6) is 0 Å². The van der Waals surface area contributed by atoms with Crippen LogP contribution in [0.25, 0.3) is 33.1 Å². The van der Waals surface area contributed by atoms with Crippen LogP contribution in [0.15, 0.2) is 48.5 Å². The van der Waals surface area contributed by atoms with Crippen LogP contribution in [0.4, 0.5) is 0 Å². The summed E-state index contributed by atoms with van der Waals surface area (Å²) in [4.78, 5) is 4.91. The van der Waals surface area contributed by atoms with E-state index in [2.05, 4.69) is 74.9 Å². The summed E-state index contributed by atoms with van der Waals surface area (Å²) in [5, 5.41) is 12.2. The minimum absolute atomic E-state index is 0.0245. The molecule has 0 bridgehead atoms. The second-order valence-corrected chi connectivity index (χ2v) is 6.96. The Morgan fingerprint density at radius 2 is 1.69 bits per heavy atom. The molecule has 4 aromatic rings. The van der Waals surface area contributed by atoms with Gasteiger partial charge in [0.05, 0.1) is 12.2 Å². The highest BCUT2D eigenvalue weighted by atomic mass is 16.3. The van der Waals surface area contributed by atoms with Crippen LogP contribution in [-0.2, 0) is 13.7 Å². The number of aliphatic hydroxyl groups excluding tert-OH is 1. The fourth-order valence-electron chi connectivity index (χ4n) is 3.99. The summed E-state index contributed by atoms with van der Waals surface area (Å²) < 4.78 is 2.23. The molecular weight excluding hydrogens is 320 g/mol. The Labute approximate surface area is 153 Å². The maximum atomic E-state index is 9.92. The van der Waals surface area contributed by atoms with Gasteiger partial charge in [-0.2, -0.15) is 4.57 Å². The first-order chi connectivity index (χ1) is 12.5. The molecule has 3 nitrogen and oxygen atoms in total. The van der Waals surface area contributed by atoms with E-state index < -0.39 is 0 Å². The molecule has 0 amide bonds. The molecule has 0 fully saturated rings. The normalized spacial score (nSPS) is 11.4. The number of aliphatic hydroxyl groups is 1. The van der Waals surface area contributed by atoms with Gasteiger partial charge in [-0.1, -0.05) is 36.4 Å². The first kappa shape index (κ1) is 16.7. The number of rotatable bonds is 2. The van der Waals surface area contributed by atoms with Crippen molar-refractivity contribution in [3.05, 3.63) is 70.9 Å². The van der Waals surface area contributed by atoms with Gasteiger partial charge in [0.15, 0.2) is 0 Å². The van der Waals surface area contributed by atoms with Gasteiger partial charge in [0.25, 0.3) is 0 Å². The van der Waals surface area contributed by atoms with Gasteiger partial charge in [0.2, 0.25) is 11.2 Å². The highest BCUT2D eigenvalue weighted by molar-refractivity contribution is 5.94. The fourth-order valence-corrected chi connectivity index (χ4v) is 3.99. The summed E-state index contributed by atoms with van der Waals surface area (Å²) in [6.07, 6.45) is 0. The summed E-state index contributed by atoms with van der Waals surface area (Å²) in [5.74, 6) is 0. The zero-order chi connectivity index (χ0) is 18.4. The Hall–Kier alpha value is -2.78. The molecule has 0 saturated heterocycles. The molecule has 1 N–H and O–H groups in total. The van der Waals surface area contributed by atoms with Crippen molar-refractivity contribution in [1.29, 1.82) is 0 Å². The third-order valence-corrected chi connectivity index (χ3v) is 5.36. The van der Waals surface area contributed by atoms with Gasteiger partial charge in [-0.15, -0.1) is 0 Å². The smallest absolute Gasteiger partial charge is 0.234 e. The first-order valence-corrected chi connectivity index (χ1v) is 8.91. The first-order valence-electron chi connectivity index (χ1n) is 8.91. The molecule has 1 aromatic heterocycles. The maximum absolute atomic E-state index is 9.92. The van der Waals surface area contributed by atoms with Crippen LogP contribution in [0, 0.1) is 20.8 Å². The molecule has 1 heterocycles. The van der Waals surface area contributed by atoms with E-state index in [9.17, 15) is 5.11 Å². The van der Waals surface area contributed by atoms with E-state index in [-0.39, 0.29) is 6.61 Å². The number of aromatic nitrogens is 2. The molecular formula is C23H23N2O+. The zero-order valence-corrected chi connectivity index (χ0v) is 15.7. The SMILES string of the molecule is Cc1nc2c(C)cccc2[n+](C)c1-c1cc(CO)c2ccccc2c1C. The van der Waals surface area contributed by atoms with Crippen molar-refractivity contribution in [2.24, 2.45) is 7.05 Å². The van der Waals surface area contributed by atoms with Crippen LogP contribution >= 0.6 is 0 Å². The summed E-state index contributed by atoms with van der Waals surface area (Å²) in [7, 11) is 2.10. The number of hydrogen-bond donors (Lipinski definition) is 1. The number of fused-ring (bicyclic) bond motifs is 2. The Morgan fingerprint density at radius 1 is 0.962 bits per heavy atom. The largest absolute Gasteiger partial charge is 0.392 e. The lowest BCUT2D eigenvalue weighted by atomic mass is 9.93. The molecule has 0 aliphatic rings. The molecule has 0 aliphatic heterocycles. The number of benzene rings is 3. The van der Waals surface area contributed by atoms with E-state index in [4.69, 9.17) is 4.98 Å². The molecule has 0 saturated carbocycles. The molecule has 0 spiro atoms. The van der Waals surface area contributed by atoms with Crippen molar-refractivity contribution in [3.63, 3.8) is 0 Å². The third-order valence-electron chi connectivity index (χ3n) is 5.36. The van der Waals surface area contributed by atoms with Crippen molar-refractivity contribution in [1.82, 2.24) is 4.98 Å². The zero-order valence-electron chi connectivity index (χ0n) is 15.7. The predicted molar refractivity (Wildman–Crippen MR) is 106 cm³/mol. The second-order valence-electron chi connectivity index (χ2n) is 6.96. The van der Waals surface area contributed by atoms with E-state index in [1.165, 1.54) is 16.5 Å². The molecule has 0 radical (unpaired) electrons. The van der Waals surface area contributed by atoms with Crippen LogP contribution in [0.2, 0.25) is 0 Å². The van der Waals surface area contributed by atoms with E-state index in [1.807, 2.05) is 6.07 Å². The van der Waals surface area contributed by atoms with Gasteiger partial charge in [-0.05, 0) is 54.3 Å². The van der Waals surface area contributed by atoms with Gasteiger partial charge in [-0.25, -0.2) is 4.98 Å². The minimum atomic E-state index is 0.0245. The molecule has 3 aromatic carbocycles. The average molecular weight is 343 g/mol. The minimum Gasteiger partial charge on any atom is -0.392 e.